The van der Waals surface area contributed by atoms with Crippen LogP contribution < -0.4 is 10.6 Å². The Labute approximate surface area is 146 Å². The molecule has 0 amide bonds. The fourth-order valence-electron chi connectivity index (χ4n) is 3.85. The van der Waals surface area contributed by atoms with E-state index in [9.17, 15) is 0 Å². The van der Waals surface area contributed by atoms with Crippen LogP contribution in [0, 0.1) is 33.6 Å². The number of benzene rings is 2. The number of aryl methyl sites for hydroxylation is 4. The van der Waals surface area contributed by atoms with E-state index in [0.29, 0.717) is 11.8 Å². The van der Waals surface area contributed by atoms with Gasteiger partial charge in [-0.3, -0.25) is 0 Å². The third-order valence-electron chi connectivity index (χ3n) is 5.81. The molecule has 0 aliphatic carbocycles. The predicted octanol–water partition coefficient (Wildman–Crippen LogP) is 5.91. The first-order valence-electron chi connectivity index (χ1n) is 9.12. The summed E-state index contributed by atoms with van der Waals surface area (Å²) in [6.45, 7) is 13.4. The van der Waals surface area contributed by atoms with Crippen LogP contribution in [0.1, 0.15) is 54.0 Å². The summed E-state index contributed by atoms with van der Waals surface area (Å²) in [6.07, 6.45) is 1.43. The second-order valence-corrected chi connectivity index (χ2v) is 7.46. The van der Waals surface area contributed by atoms with Crippen molar-refractivity contribution in [1.82, 2.24) is 0 Å². The number of fused-ring (bicyclic) bond motifs is 1. The Kier molecular flexibility index (Phi) is 4.58. The van der Waals surface area contributed by atoms with Gasteiger partial charge in [0.05, 0.1) is 6.17 Å². The van der Waals surface area contributed by atoms with Crippen molar-refractivity contribution >= 4 is 11.4 Å². The molecule has 1 aliphatic heterocycles. The first-order valence-corrected chi connectivity index (χ1v) is 9.12. The molecule has 2 N–H and O–H groups in total. The molecule has 0 spiro atoms. The highest BCUT2D eigenvalue weighted by Gasteiger charge is 2.32. The molecule has 0 bridgehead atoms. The quantitative estimate of drug-likeness (QED) is 0.733. The summed E-state index contributed by atoms with van der Waals surface area (Å²) >= 11 is 0. The van der Waals surface area contributed by atoms with Crippen molar-refractivity contribution in [3.63, 3.8) is 0 Å². The van der Waals surface area contributed by atoms with Gasteiger partial charge in [-0.1, -0.05) is 26.0 Å². The topological polar surface area (TPSA) is 24.1 Å². The van der Waals surface area contributed by atoms with Crippen LogP contribution in [-0.4, -0.2) is 6.17 Å². The van der Waals surface area contributed by atoms with Crippen molar-refractivity contribution in [3.8, 4) is 0 Å². The van der Waals surface area contributed by atoms with E-state index in [0.717, 1.165) is 0 Å². The lowest BCUT2D eigenvalue weighted by Crippen LogP contribution is -2.42. The zero-order valence-electron chi connectivity index (χ0n) is 15.8. The van der Waals surface area contributed by atoms with E-state index in [-0.39, 0.29) is 6.17 Å². The molecule has 128 valence electrons. The number of nitrogens with one attached hydrogen (secondary N) is 2. The second kappa shape index (κ2) is 6.51. The third-order valence-corrected chi connectivity index (χ3v) is 5.81. The number of rotatable bonds is 3. The maximum absolute atomic E-state index is 3.75. The van der Waals surface area contributed by atoms with Crippen LogP contribution in [0.15, 0.2) is 30.3 Å². The van der Waals surface area contributed by atoms with Gasteiger partial charge in [-0.25, -0.2) is 0 Å². The molecule has 2 aromatic rings. The highest BCUT2D eigenvalue weighted by atomic mass is 15.1. The van der Waals surface area contributed by atoms with Gasteiger partial charge < -0.3 is 10.6 Å². The minimum absolute atomic E-state index is 0.256. The summed E-state index contributed by atoms with van der Waals surface area (Å²) < 4.78 is 0. The number of hydrogen-bond acceptors (Lipinski definition) is 2. The third kappa shape index (κ3) is 3.02. The summed E-state index contributed by atoms with van der Waals surface area (Å²) in [4.78, 5) is 0. The molecule has 0 aromatic heterocycles. The van der Waals surface area contributed by atoms with E-state index in [2.05, 4.69) is 82.5 Å². The molecule has 1 aliphatic rings. The molecule has 3 atom stereocenters. The van der Waals surface area contributed by atoms with Gasteiger partial charge >= 0.3 is 0 Å². The SMILES string of the molecule is CC[C@H]1c2cc(C)c(C)cc2N[C@H](Nc2ccc(C)c(C)c2)[C@@H]1C. The molecule has 0 radical (unpaired) electrons. The Morgan fingerprint density at radius 3 is 2.25 bits per heavy atom. The van der Waals surface area contributed by atoms with Gasteiger partial charge in [-0.15, -0.1) is 0 Å². The van der Waals surface area contributed by atoms with E-state index in [1.165, 1.54) is 45.6 Å². The van der Waals surface area contributed by atoms with E-state index in [1.54, 1.807) is 0 Å². The summed E-state index contributed by atoms with van der Waals surface area (Å²) in [6, 6.07) is 11.3. The number of anilines is 2. The smallest absolute Gasteiger partial charge is 0.0996 e. The Hall–Kier alpha value is -1.96. The number of hydrogen-bond donors (Lipinski definition) is 2. The minimum Gasteiger partial charge on any atom is -0.365 e. The molecule has 3 rings (SSSR count). The molecule has 2 aromatic carbocycles. The standard InChI is InChI=1S/C22H30N2/c1-7-19-17(6)22(23-18-9-8-13(2)14(3)10-18)24-21-12-16(5)15(4)11-20(19)21/h8-12,17,19,22-24H,7H2,1-6H3/t17-,19-,22+/m1/s1. The lowest BCUT2D eigenvalue weighted by Gasteiger charge is -2.40. The lowest BCUT2D eigenvalue weighted by atomic mass is 9.78. The van der Waals surface area contributed by atoms with E-state index < -0.39 is 0 Å². The average Bonchev–Trinajstić information content (AvgIpc) is 2.54. The normalized spacial score (nSPS) is 22.7. The maximum atomic E-state index is 3.75. The molecule has 24 heavy (non-hydrogen) atoms. The lowest BCUT2D eigenvalue weighted by molar-refractivity contribution is 0.395. The first kappa shape index (κ1) is 16.9. The van der Waals surface area contributed by atoms with Crippen LogP contribution in [0.3, 0.4) is 0 Å². The molecule has 2 heteroatoms. The Balaban J connectivity index is 1.92. The monoisotopic (exact) mass is 322 g/mol. The van der Waals surface area contributed by atoms with Crippen LogP contribution in [0.5, 0.6) is 0 Å². The highest BCUT2D eigenvalue weighted by molar-refractivity contribution is 5.61. The van der Waals surface area contributed by atoms with Crippen molar-refractivity contribution in [2.45, 2.75) is 60.0 Å². The largest absolute Gasteiger partial charge is 0.365 e. The molecular formula is C22H30N2. The minimum atomic E-state index is 0.256. The Morgan fingerprint density at radius 1 is 0.917 bits per heavy atom. The second-order valence-electron chi connectivity index (χ2n) is 7.46. The van der Waals surface area contributed by atoms with Gasteiger partial charge in [0.15, 0.2) is 0 Å². The zero-order chi connectivity index (χ0) is 17.4. The van der Waals surface area contributed by atoms with Crippen molar-refractivity contribution in [2.75, 3.05) is 10.6 Å². The summed E-state index contributed by atoms with van der Waals surface area (Å²) in [5.74, 6) is 1.12. The molecule has 0 saturated heterocycles. The summed E-state index contributed by atoms with van der Waals surface area (Å²) in [5.41, 5.74) is 9.40. The average molecular weight is 322 g/mol. The van der Waals surface area contributed by atoms with Gasteiger partial charge in [0.1, 0.15) is 0 Å². The van der Waals surface area contributed by atoms with Gasteiger partial charge in [0.25, 0.3) is 0 Å². The molecular weight excluding hydrogens is 292 g/mol. The van der Waals surface area contributed by atoms with Crippen LogP contribution in [0.2, 0.25) is 0 Å². The molecule has 1 heterocycles. The predicted molar refractivity (Wildman–Crippen MR) is 105 cm³/mol. The first-order chi connectivity index (χ1) is 11.4. The summed E-state index contributed by atoms with van der Waals surface area (Å²) in [7, 11) is 0. The zero-order valence-corrected chi connectivity index (χ0v) is 15.8. The Morgan fingerprint density at radius 2 is 1.58 bits per heavy atom. The Bertz CT molecular complexity index is 748. The van der Waals surface area contributed by atoms with Crippen molar-refractivity contribution < 1.29 is 0 Å². The molecule has 0 fully saturated rings. The van der Waals surface area contributed by atoms with Crippen LogP contribution in [-0.2, 0) is 0 Å². The van der Waals surface area contributed by atoms with Crippen LogP contribution in [0.25, 0.3) is 0 Å². The summed E-state index contributed by atoms with van der Waals surface area (Å²) in [5, 5.41) is 7.48. The van der Waals surface area contributed by atoms with Crippen molar-refractivity contribution in [1.29, 1.82) is 0 Å². The van der Waals surface area contributed by atoms with Crippen molar-refractivity contribution in [3.05, 3.63) is 58.1 Å². The van der Waals surface area contributed by atoms with E-state index >= 15 is 0 Å². The van der Waals surface area contributed by atoms with Crippen molar-refractivity contribution in [2.24, 2.45) is 5.92 Å². The molecule has 0 saturated carbocycles. The van der Waals surface area contributed by atoms with Crippen LogP contribution in [0.4, 0.5) is 11.4 Å². The van der Waals surface area contributed by atoms with Gasteiger partial charge in [0.2, 0.25) is 0 Å². The fraction of sp³-hybridized carbons (Fsp3) is 0.455. The van der Waals surface area contributed by atoms with E-state index in [4.69, 9.17) is 0 Å². The molecule has 2 nitrogen and oxygen atoms in total. The van der Waals surface area contributed by atoms with Gasteiger partial charge in [0, 0.05) is 17.3 Å². The van der Waals surface area contributed by atoms with E-state index in [1.807, 2.05) is 0 Å². The maximum Gasteiger partial charge on any atom is 0.0996 e. The van der Waals surface area contributed by atoms with Crippen LogP contribution >= 0.6 is 0 Å². The fourth-order valence-corrected chi connectivity index (χ4v) is 3.85. The highest BCUT2D eigenvalue weighted by Crippen LogP contribution is 2.41. The van der Waals surface area contributed by atoms with Gasteiger partial charge in [-0.05, 0) is 86.1 Å². The van der Waals surface area contributed by atoms with Gasteiger partial charge in [-0.2, -0.15) is 0 Å². The molecule has 0 unspecified atom stereocenters.